The Morgan fingerprint density at radius 2 is 2.00 bits per heavy atom. The lowest BCUT2D eigenvalue weighted by Gasteiger charge is -2.30. The summed E-state index contributed by atoms with van der Waals surface area (Å²) in [5, 5.41) is 8.05. The van der Waals surface area contributed by atoms with Crippen molar-refractivity contribution in [3.63, 3.8) is 0 Å². The number of carbonyl (C=O) groups excluding carboxylic acids is 1. The quantitative estimate of drug-likeness (QED) is 0.600. The van der Waals surface area contributed by atoms with Crippen LogP contribution in [0.25, 0.3) is 22.0 Å². The third-order valence-electron chi connectivity index (χ3n) is 5.04. The number of nitrogens with one attached hydrogen (secondary N) is 1. The highest BCUT2D eigenvalue weighted by atomic mass is 16.3. The highest BCUT2D eigenvalue weighted by Crippen LogP contribution is 2.30. The van der Waals surface area contributed by atoms with Crippen LogP contribution in [-0.4, -0.2) is 39.1 Å². The van der Waals surface area contributed by atoms with Crippen LogP contribution in [-0.2, 0) is 0 Å². The molecule has 3 heterocycles. The number of rotatable bonds is 2. The van der Waals surface area contributed by atoms with Crippen molar-refractivity contribution >= 4 is 27.9 Å². The van der Waals surface area contributed by atoms with Crippen molar-refractivity contribution in [2.75, 3.05) is 13.1 Å². The van der Waals surface area contributed by atoms with Crippen LogP contribution in [0.1, 0.15) is 35.1 Å². The van der Waals surface area contributed by atoms with Crippen LogP contribution >= 0.6 is 0 Å². The van der Waals surface area contributed by atoms with E-state index in [1.807, 2.05) is 53.4 Å². The van der Waals surface area contributed by atoms with Crippen LogP contribution < -0.4 is 0 Å². The highest BCUT2D eigenvalue weighted by Gasteiger charge is 2.30. The molecule has 26 heavy (non-hydrogen) atoms. The van der Waals surface area contributed by atoms with E-state index in [1.165, 1.54) is 0 Å². The minimum atomic E-state index is -0.0386. The van der Waals surface area contributed by atoms with E-state index < -0.39 is 0 Å². The molecule has 2 aromatic carbocycles. The van der Waals surface area contributed by atoms with Gasteiger partial charge in [-0.2, -0.15) is 5.10 Å². The van der Waals surface area contributed by atoms with Crippen molar-refractivity contribution in [3.8, 4) is 0 Å². The molecule has 1 atom stereocenters. The maximum atomic E-state index is 13.0. The third kappa shape index (κ3) is 2.45. The molecule has 1 aliphatic heterocycles. The van der Waals surface area contributed by atoms with Gasteiger partial charge in [-0.25, -0.2) is 4.98 Å². The lowest BCUT2D eigenvalue weighted by Crippen LogP contribution is -2.39. The molecule has 1 amide bonds. The normalized spacial score (nSPS) is 17.8. The molecule has 2 aromatic heterocycles. The molecule has 6 nitrogen and oxygen atoms in total. The predicted octanol–water partition coefficient (Wildman–Crippen LogP) is 3.72. The molecule has 0 saturated carbocycles. The Morgan fingerprint density at radius 1 is 1.15 bits per heavy atom. The number of nitrogens with zero attached hydrogens (tertiary/aromatic N) is 3. The Bertz CT molecular complexity index is 1060. The average molecular weight is 346 g/mol. The van der Waals surface area contributed by atoms with E-state index in [1.54, 1.807) is 0 Å². The van der Waals surface area contributed by atoms with Gasteiger partial charge in [0.25, 0.3) is 5.91 Å². The third-order valence-corrected chi connectivity index (χ3v) is 5.04. The summed E-state index contributed by atoms with van der Waals surface area (Å²) in [5.74, 6) is 0.796. The van der Waals surface area contributed by atoms with Gasteiger partial charge < -0.3 is 9.32 Å². The number of hydrogen-bond acceptors (Lipinski definition) is 4. The second-order valence-corrected chi connectivity index (χ2v) is 6.73. The average Bonchev–Trinajstić information content (AvgIpc) is 3.32. The van der Waals surface area contributed by atoms with Crippen molar-refractivity contribution in [3.05, 3.63) is 60.1 Å². The molecular weight excluding hydrogens is 328 g/mol. The van der Waals surface area contributed by atoms with Crippen LogP contribution in [0.5, 0.6) is 0 Å². The zero-order chi connectivity index (χ0) is 17.5. The number of oxazole rings is 1. The number of benzene rings is 2. The van der Waals surface area contributed by atoms with Gasteiger partial charge in [-0.3, -0.25) is 9.89 Å². The van der Waals surface area contributed by atoms with Gasteiger partial charge in [-0.15, -0.1) is 0 Å². The molecular formula is C20H18N4O2. The lowest BCUT2D eigenvalue weighted by molar-refractivity contribution is 0.0695. The van der Waals surface area contributed by atoms with Crippen LogP contribution in [0.2, 0.25) is 0 Å². The van der Waals surface area contributed by atoms with E-state index in [4.69, 9.17) is 4.42 Å². The number of H-pyrrole nitrogens is 1. The fourth-order valence-corrected chi connectivity index (χ4v) is 3.70. The Morgan fingerprint density at radius 3 is 2.92 bits per heavy atom. The molecule has 5 rings (SSSR count). The smallest absolute Gasteiger partial charge is 0.275 e. The number of fused-ring (bicyclic) bond motifs is 2. The van der Waals surface area contributed by atoms with E-state index in [2.05, 4.69) is 15.2 Å². The van der Waals surface area contributed by atoms with Gasteiger partial charge in [0.05, 0.1) is 11.4 Å². The summed E-state index contributed by atoms with van der Waals surface area (Å²) in [6.07, 6.45) is 1.90. The van der Waals surface area contributed by atoms with Gasteiger partial charge in [0.1, 0.15) is 5.52 Å². The standard InChI is InChI=1S/C20H18N4O2/c25-20(18-14-7-1-2-8-15(14)22-23-18)24-11-5-6-13(12-24)19-21-16-9-3-4-10-17(16)26-19/h1-4,7-10,13H,5-6,11-12H2,(H,22,23)/t13-/m1/s1. The van der Waals surface area contributed by atoms with Crippen molar-refractivity contribution in [1.82, 2.24) is 20.1 Å². The Kier molecular flexibility index (Phi) is 3.48. The van der Waals surface area contributed by atoms with Gasteiger partial charge in [0, 0.05) is 18.5 Å². The van der Waals surface area contributed by atoms with Crippen molar-refractivity contribution in [1.29, 1.82) is 0 Å². The van der Waals surface area contributed by atoms with E-state index in [9.17, 15) is 4.79 Å². The lowest BCUT2D eigenvalue weighted by atomic mass is 9.97. The van der Waals surface area contributed by atoms with Gasteiger partial charge in [0.15, 0.2) is 17.2 Å². The van der Waals surface area contributed by atoms with Crippen molar-refractivity contribution in [2.45, 2.75) is 18.8 Å². The molecule has 130 valence electrons. The van der Waals surface area contributed by atoms with E-state index in [-0.39, 0.29) is 11.8 Å². The second-order valence-electron chi connectivity index (χ2n) is 6.73. The Labute approximate surface area is 149 Å². The van der Waals surface area contributed by atoms with Crippen LogP contribution in [0.3, 0.4) is 0 Å². The highest BCUT2D eigenvalue weighted by molar-refractivity contribution is 6.04. The SMILES string of the molecule is O=C(c1n[nH]c2ccccc12)N1CCC[C@@H](c2nc3ccccc3o2)C1. The topological polar surface area (TPSA) is 75.0 Å². The van der Waals surface area contributed by atoms with Crippen molar-refractivity contribution in [2.24, 2.45) is 0 Å². The maximum Gasteiger partial charge on any atom is 0.275 e. The Balaban J connectivity index is 1.42. The summed E-state index contributed by atoms with van der Waals surface area (Å²) in [4.78, 5) is 19.5. The maximum absolute atomic E-state index is 13.0. The van der Waals surface area contributed by atoms with Crippen LogP contribution in [0, 0.1) is 0 Å². The predicted molar refractivity (Wildman–Crippen MR) is 98.0 cm³/mol. The number of para-hydroxylation sites is 3. The van der Waals surface area contributed by atoms with Crippen LogP contribution in [0.15, 0.2) is 52.9 Å². The van der Waals surface area contributed by atoms with Crippen molar-refractivity contribution < 1.29 is 9.21 Å². The second kappa shape index (κ2) is 5.98. The first kappa shape index (κ1) is 15.1. The summed E-state index contributed by atoms with van der Waals surface area (Å²) >= 11 is 0. The molecule has 1 aliphatic rings. The zero-order valence-corrected chi connectivity index (χ0v) is 14.2. The summed E-state index contributed by atoms with van der Waals surface area (Å²) in [7, 11) is 0. The molecule has 1 saturated heterocycles. The van der Waals surface area contributed by atoms with Gasteiger partial charge in [-0.1, -0.05) is 30.3 Å². The first-order valence-electron chi connectivity index (χ1n) is 8.87. The number of aromatic nitrogens is 3. The molecule has 0 aliphatic carbocycles. The molecule has 4 aromatic rings. The number of piperidine rings is 1. The zero-order valence-electron chi connectivity index (χ0n) is 14.2. The fourth-order valence-electron chi connectivity index (χ4n) is 3.70. The minimum Gasteiger partial charge on any atom is -0.440 e. The molecule has 0 bridgehead atoms. The van der Waals surface area contributed by atoms with Crippen LogP contribution in [0.4, 0.5) is 0 Å². The summed E-state index contributed by atoms with van der Waals surface area (Å²) in [5.41, 5.74) is 3.02. The van der Waals surface area contributed by atoms with Gasteiger partial charge in [-0.05, 0) is 31.0 Å². The first-order valence-corrected chi connectivity index (χ1v) is 8.87. The Hall–Kier alpha value is -3.15. The first-order chi connectivity index (χ1) is 12.8. The largest absolute Gasteiger partial charge is 0.440 e. The monoisotopic (exact) mass is 346 g/mol. The van der Waals surface area contributed by atoms with E-state index in [0.29, 0.717) is 12.2 Å². The molecule has 0 unspecified atom stereocenters. The molecule has 1 fully saturated rings. The van der Waals surface area contributed by atoms with Gasteiger partial charge >= 0.3 is 0 Å². The van der Waals surface area contributed by atoms with E-state index >= 15 is 0 Å². The fraction of sp³-hybridized carbons (Fsp3) is 0.250. The number of amides is 1. The summed E-state index contributed by atoms with van der Waals surface area (Å²) in [6.45, 7) is 1.34. The summed E-state index contributed by atoms with van der Waals surface area (Å²) < 4.78 is 5.93. The summed E-state index contributed by atoms with van der Waals surface area (Å²) in [6, 6.07) is 15.5. The number of likely N-dealkylation sites (tertiary alicyclic amines) is 1. The van der Waals surface area contributed by atoms with Gasteiger partial charge in [0.2, 0.25) is 0 Å². The molecule has 6 heteroatoms. The molecule has 0 radical (unpaired) electrons. The number of hydrogen-bond donors (Lipinski definition) is 1. The molecule has 0 spiro atoms. The van der Waals surface area contributed by atoms with E-state index in [0.717, 1.165) is 47.3 Å². The number of carbonyl (C=O) groups is 1. The minimum absolute atomic E-state index is 0.0386. The number of aromatic amines is 1. The molecule has 1 N–H and O–H groups in total.